The molecule has 0 radical (unpaired) electrons. The summed E-state index contributed by atoms with van der Waals surface area (Å²) in [5, 5.41) is 11.9. The molecule has 0 saturated heterocycles. The topological polar surface area (TPSA) is 78.9 Å². The number of carbonyl (C=O) groups is 2. The molecule has 0 bridgehead atoms. The monoisotopic (exact) mass is 320 g/mol. The van der Waals surface area contributed by atoms with Crippen LogP contribution in [0, 0.1) is 0 Å². The SMILES string of the molecule is CCN(CC(=O)O)C1CC(NC(=O)Cc2ccccc2OC)C1. The number of methoxy groups -OCH3 is 1. The lowest BCUT2D eigenvalue weighted by Gasteiger charge is -2.42. The van der Waals surface area contributed by atoms with Gasteiger partial charge in [-0.3, -0.25) is 14.5 Å². The van der Waals surface area contributed by atoms with Crippen molar-refractivity contribution in [2.75, 3.05) is 20.2 Å². The maximum absolute atomic E-state index is 12.1. The molecule has 23 heavy (non-hydrogen) atoms. The molecule has 6 nitrogen and oxygen atoms in total. The largest absolute Gasteiger partial charge is 0.496 e. The van der Waals surface area contributed by atoms with Crippen LogP contribution >= 0.6 is 0 Å². The van der Waals surface area contributed by atoms with Gasteiger partial charge in [-0.1, -0.05) is 25.1 Å². The average Bonchev–Trinajstić information content (AvgIpc) is 2.48. The minimum atomic E-state index is -0.810. The first kappa shape index (κ1) is 17.3. The van der Waals surface area contributed by atoms with Gasteiger partial charge in [0.25, 0.3) is 0 Å². The minimum Gasteiger partial charge on any atom is -0.496 e. The summed E-state index contributed by atoms with van der Waals surface area (Å²) in [6, 6.07) is 7.85. The highest BCUT2D eigenvalue weighted by Crippen LogP contribution is 2.26. The van der Waals surface area contributed by atoms with Crippen LogP contribution in [-0.2, 0) is 16.0 Å². The number of nitrogens with one attached hydrogen (secondary N) is 1. The Morgan fingerprint density at radius 2 is 2.04 bits per heavy atom. The first-order valence-corrected chi connectivity index (χ1v) is 7.90. The molecule has 6 heteroatoms. The normalized spacial score (nSPS) is 20.0. The lowest BCUT2D eigenvalue weighted by molar-refractivity contribution is -0.139. The average molecular weight is 320 g/mol. The van der Waals surface area contributed by atoms with Gasteiger partial charge in [0.15, 0.2) is 0 Å². The standard InChI is InChI=1S/C17H24N2O4/c1-3-19(11-17(21)22)14-9-13(10-14)18-16(20)8-12-6-4-5-7-15(12)23-2/h4-7,13-14H,3,8-11H2,1-2H3,(H,18,20)(H,21,22). The quantitative estimate of drug-likeness (QED) is 0.754. The van der Waals surface area contributed by atoms with Crippen molar-refractivity contribution in [2.45, 2.75) is 38.3 Å². The Balaban J connectivity index is 1.79. The summed E-state index contributed by atoms with van der Waals surface area (Å²) in [4.78, 5) is 24.9. The maximum atomic E-state index is 12.1. The summed E-state index contributed by atoms with van der Waals surface area (Å²) in [5.41, 5.74) is 0.865. The van der Waals surface area contributed by atoms with Crippen molar-refractivity contribution in [3.05, 3.63) is 29.8 Å². The highest BCUT2D eigenvalue weighted by Gasteiger charge is 2.34. The number of para-hydroxylation sites is 1. The first-order valence-electron chi connectivity index (χ1n) is 7.90. The van der Waals surface area contributed by atoms with Crippen LogP contribution in [0.4, 0.5) is 0 Å². The van der Waals surface area contributed by atoms with Gasteiger partial charge in [0.2, 0.25) is 5.91 Å². The number of carboxylic acids is 1. The molecule has 0 atom stereocenters. The number of ether oxygens (including phenoxy) is 1. The second kappa shape index (κ2) is 7.97. The Kier molecular flexibility index (Phi) is 5.98. The molecular formula is C17H24N2O4. The van der Waals surface area contributed by atoms with Crippen LogP contribution in [0.15, 0.2) is 24.3 Å². The van der Waals surface area contributed by atoms with E-state index in [0.717, 1.165) is 18.4 Å². The van der Waals surface area contributed by atoms with Gasteiger partial charge in [-0.2, -0.15) is 0 Å². The number of carboxylic acid groups (broad SMARTS) is 1. The molecule has 1 saturated carbocycles. The Labute approximate surface area is 136 Å². The fraction of sp³-hybridized carbons (Fsp3) is 0.529. The van der Waals surface area contributed by atoms with E-state index in [4.69, 9.17) is 9.84 Å². The van der Waals surface area contributed by atoms with Gasteiger partial charge in [-0.25, -0.2) is 0 Å². The molecule has 1 aromatic rings. The van der Waals surface area contributed by atoms with Crippen LogP contribution in [0.3, 0.4) is 0 Å². The van der Waals surface area contributed by atoms with E-state index >= 15 is 0 Å². The van der Waals surface area contributed by atoms with Gasteiger partial charge in [-0.05, 0) is 25.5 Å². The maximum Gasteiger partial charge on any atom is 0.317 e. The summed E-state index contributed by atoms with van der Waals surface area (Å²) in [6.07, 6.45) is 1.90. The van der Waals surface area contributed by atoms with Crippen molar-refractivity contribution < 1.29 is 19.4 Å². The van der Waals surface area contributed by atoms with Crippen LogP contribution in [0.2, 0.25) is 0 Å². The fourth-order valence-corrected chi connectivity index (χ4v) is 2.98. The van der Waals surface area contributed by atoms with Crippen molar-refractivity contribution in [3.8, 4) is 5.75 Å². The van der Waals surface area contributed by atoms with E-state index in [1.807, 2.05) is 36.1 Å². The molecule has 1 aliphatic rings. The predicted molar refractivity (Wildman–Crippen MR) is 86.5 cm³/mol. The summed E-state index contributed by atoms with van der Waals surface area (Å²) >= 11 is 0. The second-order valence-corrected chi connectivity index (χ2v) is 5.84. The molecular weight excluding hydrogens is 296 g/mol. The van der Waals surface area contributed by atoms with Crippen molar-refractivity contribution in [1.82, 2.24) is 10.2 Å². The molecule has 126 valence electrons. The van der Waals surface area contributed by atoms with Crippen LogP contribution in [0.25, 0.3) is 0 Å². The minimum absolute atomic E-state index is 0.0285. The Hall–Kier alpha value is -2.08. The Bertz CT molecular complexity index is 555. The molecule has 2 N–H and O–H groups in total. The number of rotatable bonds is 8. The van der Waals surface area contributed by atoms with Crippen molar-refractivity contribution >= 4 is 11.9 Å². The van der Waals surface area contributed by atoms with Crippen LogP contribution < -0.4 is 10.1 Å². The molecule has 0 aromatic heterocycles. The third-order valence-electron chi connectivity index (χ3n) is 4.28. The molecule has 1 amide bonds. The molecule has 1 aliphatic carbocycles. The number of likely N-dealkylation sites (N-methyl/N-ethyl adjacent to an activating group) is 1. The zero-order valence-electron chi connectivity index (χ0n) is 13.6. The number of hydrogen-bond donors (Lipinski definition) is 2. The van der Waals surface area contributed by atoms with E-state index in [1.165, 1.54) is 0 Å². The molecule has 0 aliphatic heterocycles. The highest BCUT2D eigenvalue weighted by molar-refractivity contribution is 5.79. The third-order valence-corrected chi connectivity index (χ3v) is 4.28. The molecule has 1 fully saturated rings. The van der Waals surface area contributed by atoms with E-state index in [0.29, 0.717) is 12.3 Å². The van der Waals surface area contributed by atoms with E-state index in [2.05, 4.69) is 5.32 Å². The second-order valence-electron chi connectivity index (χ2n) is 5.84. The highest BCUT2D eigenvalue weighted by atomic mass is 16.5. The number of carbonyl (C=O) groups excluding carboxylic acids is 1. The number of amides is 1. The van der Waals surface area contributed by atoms with Crippen molar-refractivity contribution in [2.24, 2.45) is 0 Å². The van der Waals surface area contributed by atoms with Gasteiger partial charge in [0.05, 0.1) is 20.1 Å². The van der Waals surface area contributed by atoms with E-state index in [9.17, 15) is 9.59 Å². The first-order chi connectivity index (χ1) is 11.0. The van der Waals surface area contributed by atoms with Gasteiger partial charge in [0, 0.05) is 17.6 Å². The summed E-state index contributed by atoms with van der Waals surface area (Å²) in [6.45, 7) is 2.72. The van der Waals surface area contributed by atoms with Crippen LogP contribution in [0.5, 0.6) is 5.75 Å². The predicted octanol–water partition coefficient (Wildman–Crippen LogP) is 1.29. The fourth-order valence-electron chi connectivity index (χ4n) is 2.98. The summed E-state index contributed by atoms with van der Waals surface area (Å²) in [5.74, 6) is -0.123. The van der Waals surface area contributed by atoms with E-state index in [-0.39, 0.29) is 31.0 Å². The summed E-state index contributed by atoms with van der Waals surface area (Å²) < 4.78 is 5.25. The van der Waals surface area contributed by atoms with E-state index < -0.39 is 5.97 Å². The Morgan fingerprint density at radius 3 is 2.65 bits per heavy atom. The molecule has 0 heterocycles. The zero-order valence-corrected chi connectivity index (χ0v) is 13.6. The van der Waals surface area contributed by atoms with Gasteiger partial charge >= 0.3 is 5.97 Å². The molecule has 0 unspecified atom stereocenters. The smallest absolute Gasteiger partial charge is 0.317 e. The number of benzene rings is 1. The Morgan fingerprint density at radius 1 is 1.35 bits per heavy atom. The molecule has 1 aromatic carbocycles. The number of hydrogen-bond acceptors (Lipinski definition) is 4. The van der Waals surface area contributed by atoms with Gasteiger partial charge < -0.3 is 15.2 Å². The van der Waals surface area contributed by atoms with Crippen LogP contribution in [-0.4, -0.2) is 54.2 Å². The summed E-state index contributed by atoms with van der Waals surface area (Å²) in [7, 11) is 1.59. The zero-order chi connectivity index (χ0) is 16.8. The molecule has 0 spiro atoms. The molecule has 2 rings (SSSR count). The van der Waals surface area contributed by atoms with E-state index in [1.54, 1.807) is 7.11 Å². The number of nitrogens with zero attached hydrogens (tertiary/aromatic N) is 1. The van der Waals surface area contributed by atoms with Crippen molar-refractivity contribution in [3.63, 3.8) is 0 Å². The number of aliphatic carboxylic acids is 1. The van der Waals surface area contributed by atoms with Crippen LogP contribution in [0.1, 0.15) is 25.3 Å². The third kappa shape index (κ3) is 4.69. The lowest BCUT2D eigenvalue weighted by atomic mass is 9.85. The van der Waals surface area contributed by atoms with Gasteiger partial charge in [0.1, 0.15) is 5.75 Å². The lowest BCUT2D eigenvalue weighted by Crippen LogP contribution is -2.55. The van der Waals surface area contributed by atoms with Gasteiger partial charge in [-0.15, -0.1) is 0 Å². The van der Waals surface area contributed by atoms with Crippen molar-refractivity contribution in [1.29, 1.82) is 0 Å².